The maximum atomic E-state index is 5.44. The number of nitrogens with two attached hydrogens (primary N) is 1. The highest BCUT2D eigenvalue weighted by molar-refractivity contribution is 5.91. The number of H-pyrrole nitrogens is 1. The molecule has 4 N–H and O–H groups in total. The maximum absolute atomic E-state index is 5.44. The van der Waals surface area contributed by atoms with Gasteiger partial charge < -0.3 is 16.0 Å². The fourth-order valence-electron chi connectivity index (χ4n) is 3.93. The largest absolute Gasteiger partial charge is 0.368 e. The van der Waals surface area contributed by atoms with E-state index >= 15 is 0 Å². The lowest BCUT2D eigenvalue weighted by molar-refractivity contribution is 0.425. The van der Waals surface area contributed by atoms with Gasteiger partial charge in [-0.2, -0.15) is 0 Å². The van der Waals surface area contributed by atoms with E-state index in [9.17, 15) is 0 Å². The molecule has 0 saturated carbocycles. The van der Waals surface area contributed by atoms with Crippen LogP contribution in [0.15, 0.2) is 78.8 Å². The number of hydrogen-bond donors (Lipinski definition) is 3. The molecule has 1 aliphatic carbocycles. The Labute approximate surface area is 197 Å². The number of aromatic nitrogens is 3. The van der Waals surface area contributed by atoms with Gasteiger partial charge in [-0.25, -0.2) is 9.97 Å². The van der Waals surface area contributed by atoms with Crippen LogP contribution in [0, 0.1) is 5.92 Å². The second kappa shape index (κ2) is 13.2. The van der Waals surface area contributed by atoms with E-state index in [1.165, 1.54) is 31.3 Å². The molecule has 1 aromatic carbocycles. The molecule has 0 atom stereocenters. The van der Waals surface area contributed by atoms with Crippen LogP contribution in [-0.2, 0) is 0 Å². The first-order valence-electron chi connectivity index (χ1n) is 11.9. The Hall–Kier alpha value is -3.44. The van der Waals surface area contributed by atoms with Crippen LogP contribution in [0.25, 0.3) is 23.1 Å². The maximum Gasteiger partial charge on any atom is 0.219 e. The van der Waals surface area contributed by atoms with Gasteiger partial charge in [-0.15, -0.1) is 0 Å². The zero-order chi connectivity index (χ0) is 23.3. The lowest BCUT2D eigenvalue weighted by atomic mass is 9.89. The van der Waals surface area contributed by atoms with E-state index in [1.807, 2.05) is 38.3 Å². The van der Waals surface area contributed by atoms with Gasteiger partial charge in [0, 0.05) is 35.1 Å². The molecule has 172 valence electrons. The van der Waals surface area contributed by atoms with Crippen LogP contribution in [0.1, 0.15) is 44.2 Å². The highest BCUT2D eigenvalue weighted by atomic mass is 15.0. The third kappa shape index (κ3) is 7.29. The molecule has 3 heterocycles. The SMILES string of the molecule is C1=CCC=C(C2CCNCC2)C=C1.CC.Nc1ncc(/C=C/c2cccc3[nH]ccc23)cn1. The number of nitrogen functional groups attached to an aromatic ring is 1. The van der Waals surface area contributed by atoms with E-state index < -0.39 is 0 Å². The van der Waals surface area contributed by atoms with Crippen molar-refractivity contribution in [3.8, 4) is 0 Å². The summed E-state index contributed by atoms with van der Waals surface area (Å²) in [5, 5.41) is 4.60. The van der Waals surface area contributed by atoms with Crippen molar-refractivity contribution in [1.82, 2.24) is 20.3 Å². The standard InChI is InChI=1S/C14H12N4.C12H17N.C2H6/c15-14-17-8-10(9-18-14)4-5-11-2-1-3-13-12(11)6-7-16-13;1-2-4-6-11(5-3-1)12-7-9-13-10-8-12;1-2/h1-9,16H,(H2,15,17,18);1-3,5-6,12-13H,4,7-10H2;1-2H3/b5-4+;;. The van der Waals surface area contributed by atoms with Gasteiger partial charge in [0.2, 0.25) is 5.95 Å². The Morgan fingerprint density at radius 3 is 2.58 bits per heavy atom. The molecule has 0 unspecified atom stereocenters. The molecular formula is C28H35N5. The minimum absolute atomic E-state index is 0.292. The Kier molecular flexibility index (Phi) is 9.67. The van der Waals surface area contributed by atoms with Crippen molar-refractivity contribution in [2.45, 2.75) is 33.1 Å². The molecule has 5 rings (SSSR count). The monoisotopic (exact) mass is 441 g/mol. The van der Waals surface area contributed by atoms with Crippen molar-refractivity contribution in [1.29, 1.82) is 0 Å². The molecular weight excluding hydrogens is 406 g/mol. The summed E-state index contributed by atoms with van der Waals surface area (Å²) < 4.78 is 0. The molecule has 2 aromatic heterocycles. The molecule has 1 fully saturated rings. The number of rotatable bonds is 3. The molecule has 1 aliphatic heterocycles. The van der Waals surface area contributed by atoms with E-state index in [4.69, 9.17) is 5.73 Å². The summed E-state index contributed by atoms with van der Waals surface area (Å²) in [5.41, 5.74) is 10.2. The third-order valence-corrected chi connectivity index (χ3v) is 5.61. The molecule has 33 heavy (non-hydrogen) atoms. The Bertz CT molecular complexity index is 1100. The van der Waals surface area contributed by atoms with Gasteiger partial charge in [-0.1, -0.05) is 68.5 Å². The second-order valence-electron chi connectivity index (χ2n) is 7.75. The quantitative estimate of drug-likeness (QED) is 0.454. The zero-order valence-electron chi connectivity index (χ0n) is 19.7. The van der Waals surface area contributed by atoms with E-state index in [1.54, 1.807) is 18.0 Å². The van der Waals surface area contributed by atoms with E-state index in [2.05, 4.69) is 68.8 Å². The Morgan fingerprint density at radius 2 is 1.79 bits per heavy atom. The Balaban J connectivity index is 0.000000181. The van der Waals surface area contributed by atoms with E-state index in [-0.39, 0.29) is 0 Å². The van der Waals surface area contributed by atoms with Gasteiger partial charge >= 0.3 is 0 Å². The molecule has 3 aromatic rings. The number of hydrogen-bond acceptors (Lipinski definition) is 4. The number of allylic oxidation sites excluding steroid dienone is 6. The van der Waals surface area contributed by atoms with Gasteiger partial charge in [0.15, 0.2) is 0 Å². The zero-order valence-corrected chi connectivity index (χ0v) is 19.7. The fourth-order valence-corrected chi connectivity index (χ4v) is 3.93. The van der Waals surface area contributed by atoms with Gasteiger partial charge in [-0.3, -0.25) is 0 Å². The number of benzene rings is 1. The predicted molar refractivity (Wildman–Crippen MR) is 142 cm³/mol. The van der Waals surface area contributed by atoms with Gasteiger partial charge in [0.25, 0.3) is 0 Å². The van der Waals surface area contributed by atoms with Crippen molar-refractivity contribution in [2.75, 3.05) is 18.8 Å². The van der Waals surface area contributed by atoms with Crippen molar-refractivity contribution < 1.29 is 0 Å². The van der Waals surface area contributed by atoms with Crippen LogP contribution < -0.4 is 11.1 Å². The number of nitrogens with one attached hydrogen (secondary N) is 2. The average molecular weight is 442 g/mol. The van der Waals surface area contributed by atoms with Crippen LogP contribution in [-0.4, -0.2) is 28.0 Å². The van der Waals surface area contributed by atoms with Crippen LogP contribution in [0.2, 0.25) is 0 Å². The molecule has 0 spiro atoms. The summed E-state index contributed by atoms with van der Waals surface area (Å²) in [5.74, 6) is 1.09. The average Bonchev–Trinajstić information content (AvgIpc) is 3.20. The Morgan fingerprint density at radius 1 is 1.00 bits per heavy atom. The molecule has 1 saturated heterocycles. The van der Waals surface area contributed by atoms with Crippen LogP contribution in [0.5, 0.6) is 0 Å². The summed E-state index contributed by atoms with van der Waals surface area (Å²) >= 11 is 0. The normalized spacial score (nSPS) is 15.9. The lowest BCUT2D eigenvalue weighted by Gasteiger charge is -2.23. The highest BCUT2D eigenvalue weighted by Crippen LogP contribution is 2.24. The summed E-state index contributed by atoms with van der Waals surface area (Å²) in [6.07, 6.45) is 24.2. The number of fused-ring (bicyclic) bond motifs is 1. The first kappa shape index (κ1) is 24.2. The first-order chi connectivity index (χ1) is 16.3. The molecule has 5 heteroatoms. The number of anilines is 1. The molecule has 5 nitrogen and oxygen atoms in total. The fraction of sp³-hybridized carbons (Fsp3) is 0.286. The number of nitrogens with zero attached hydrogens (tertiary/aromatic N) is 2. The summed E-state index contributed by atoms with van der Waals surface area (Å²) in [4.78, 5) is 11.1. The minimum atomic E-state index is 0.292. The molecule has 2 aliphatic rings. The van der Waals surface area contributed by atoms with Crippen molar-refractivity contribution in [3.05, 3.63) is 89.9 Å². The highest BCUT2D eigenvalue weighted by Gasteiger charge is 2.15. The summed E-state index contributed by atoms with van der Waals surface area (Å²) in [6.45, 7) is 6.37. The second-order valence-corrected chi connectivity index (χ2v) is 7.75. The lowest BCUT2D eigenvalue weighted by Crippen LogP contribution is -2.28. The van der Waals surface area contributed by atoms with Gasteiger partial charge in [-0.05, 0) is 61.5 Å². The van der Waals surface area contributed by atoms with Crippen LogP contribution in [0.4, 0.5) is 5.95 Å². The van der Waals surface area contributed by atoms with Crippen molar-refractivity contribution in [2.24, 2.45) is 5.92 Å². The predicted octanol–water partition coefficient (Wildman–Crippen LogP) is 6.17. The smallest absolute Gasteiger partial charge is 0.219 e. The third-order valence-electron chi connectivity index (χ3n) is 5.61. The topological polar surface area (TPSA) is 79.6 Å². The van der Waals surface area contributed by atoms with Crippen LogP contribution in [0.3, 0.4) is 0 Å². The molecule has 0 radical (unpaired) electrons. The van der Waals surface area contributed by atoms with E-state index in [0.29, 0.717) is 5.95 Å². The number of piperidine rings is 1. The first-order valence-corrected chi connectivity index (χ1v) is 11.9. The summed E-state index contributed by atoms with van der Waals surface area (Å²) in [6, 6.07) is 8.22. The van der Waals surface area contributed by atoms with Crippen molar-refractivity contribution >= 4 is 29.0 Å². The number of aromatic amines is 1. The van der Waals surface area contributed by atoms with Gasteiger partial charge in [0.1, 0.15) is 0 Å². The minimum Gasteiger partial charge on any atom is -0.368 e. The summed E-state index contributed by atoms with van der Waals surface area (Å²) in [7, 11) is 0. The molecule has 0 amide bonds. The van der Waals surface area contributed by atoms with Gasteiger partial charge in [0.05, 0.1) is 0 Å². The molecule has 0 bridgehead atoms. The van der Waals surface area contributed by atoms with E-state index in [0.717, 1.165) is 29.0 Å². The van der Waals surface area contributed by atoms with Crippen molar-refractivity contribution in [3.63, 3.8) is 0 Å². The van der Waals surface area contributed by atoms with Crippen LogP contribution >= 0.6 is 0 Å².